The predicted molar refractivity (Wildman–Crippen MR) is 626 cm³/mol. The van der Waals surface area contributed by atoms with Crippen molar-refractivity contribution in [2.75, 3.05) is 60.6 Å². The van der Waals surface area contributed by atoms with Crippen LogP contribution in [0.5, 0.6) is 5.75 Å². The molecule has 18 rings (SSSR count). The second-order valence-electron chi connectivity index (χ2n) is 46.6. The molecule has 0 fully saturated rings. The smallest absolute Gasteiger partial charge is 0.142 e. The van der Waals surface area contributed by atoms with Gasteiger partial charge in [-0.15, -0.1) is 0 Å². The molecule has 0 spiro atoms. The van der Waals surface area contributed by atoms with E-state index in [4.69, 9.17) is 4.74 Å². The van der Waals surface area contributed by atoms with Crippen LogP contribution in [0, 0.1) is 0 Å². The second kappa shape index (κ2) is 54.7. The number of hydrogen-bond acceptors (Lipinski definition) is 10. The largest absolute Gasteiger partial charge is 0.490 e. The number of ether oxygens (including phenoxy) is 1. The summed E-state index contributed by atoms with van der Waals surface area (Å²) >= 11 is 0. The number of aryl methyl sites for hydroxylation is 2. The third-order valence-electron chi connectivity index (χ3n) is 30.0. The molecule has 0 bridgehead atoms. The molecule has 10 heterocycles. The van der Waals surface area contributed by atoms with Crippen LogP contribution in [-0.2, 0) is 52.0 Å². The molecule has 12 nitrogen and oxygen atoms in total. The maximum Gasteiger partial charge on any atom is 0.142 e. The highest BCUT2D eigenvalue weighted by atomic mass is 16.5. The van der Waals surface area contributed by atoms with Crippen molar-refractivity contribution >= 4 is 49.6 Å². The summed E-state index contributed by atoms with van der Waals surface area (Å²) in [5.41, 5.74) is 32.7. The van der Waals surface area contributed by atoms with Gasteiger partial charge in [-0.3, -0.25) is 24.7 Å². The van der Waals surface area contributed by atoms with Gasteiger partial charge in [0.25, 0.3) is 0 Å². The van der Waals surface area contributed by atoms with E-state index in [-0.39, 0.29) is 7.43 Å². The summed E-state index contributed by atoms with van der Waals surface area (Å²) in [4.78, 5) is 28.7. The van der Waals surface area contributed by atoms with Crippen LogP contribution in [0.1, 0.15) is 441 Å². The number of rotatable bonds is 18. The molecule has 0 aliphatic carbocycles. The highest BCUT2D eigenvalue weighted by Gasteiger charge is 2.29. The van der Waals surface area contributed by atoms with E-state index in [9.17, 15) is 0 Å². The van der Waals surface area contributed by atoms with Gasteiger partial charge in [0.05, 0.1) is 41.0 Å². The van der Waals surface area contributed by atoms with Crippen LogP contribution in [0.25, 0.3) is 32.6 Å². The van der Waals surface area contributed by atoms with Gasteiger partial charge in [-0.25, -0.2) is 4.98 Å². The van der Waals surface area contributed by atoms with Crippen LogP contribution >= 0.6 is 0 Å². The van der Waals surface area contributed by atoms with Gasteiger partial charge in [0.15, 0.2) is 0 Å². The zero-order valence-corrected chi connectivity index (χ0v) is 95.6. The van der Waals surface area contributed by atoms with E-state index in [0.717, 1.165) is 69.2 Å². The van der Waals surface area contributed by atoms with Gasteiger partial charge in [-0.1, -0.05) is 277 Å². The molecule has 6 aliphatic heterocycles. The molecular formula is C131H195N11O. The number of imidazole rings is 1. The molecule has 143 heavy (non-hydrogen) atoms. The normalized spacial score (nSPS) is 14.7. The third-order valence-corrected chi connectivity index (χ3v) is 30.0. The molecular weight excluding hydrogens is 1740 g/mol. The molecule has 0 N–H and O–H groups in total. The summed E-state index contributed by atoms with van der Waals surface area (Å²) in [7, 11) is 0. The molecule has 0 amide bonds. The van der Waals surface area contributed by atoms with Crippen LogP contribution in [0.15, 0.2) is 189 Å². The highest BCUT2D eigenvalue weighted by molar-refractivity contribution is 5.87. The molecule has 0 radical (unpaired) electrons. The first-order chi connectivity index (χ1) is 67.3. The summed E-state index contributed by atoms with van der Waals surface area (Å²) in [6, 6.07) is 64.4. The first-order valence-electron chi connectivity index (χ1n) is 55.5. The maximum absolute atomic E-state index is 5.70. The van der Waals surface area contributed by atoms with Crippen molar-refractivity contribution in [1.82, 2.24) is 38.8 Å². The molecule has 0 atom stereocenters. The molecule has 6 aliphatic rings. The second-order valence-corrected chi connectivity index (χ2v) is 46.6. The Kier molecular flexibility index (Phi) is 44.8. The fourth-order valence-corrected chi connectivity index (χ4v) is 20.6. The predicted octanol–water partition coefficient (Wildman–Crippen LogP) is 34.7. The number of fused-ring (bicyclic) bond motifs is 9. The van der Waals surface area contributed by atoms with E-state index in [2.05, 4.69) is 473 Å². The zero-order chi connectivity index (χ0) is 104. The number of aromatic nitrogens is 5. The number of hydrogen-bond donors (Lipinski definition) is 0. The minimum absolute atomic E-state index is 0. The highest BCUT2D eigenvalue weighted by Crippen LogP contribution is 2.40. The Hall–Kier alpha value is -9.59. The maximum atomic E-state index is 5.70. The van der Waals surface area contributed by atoms with E-state index in [1.54, 1.807) is 16.7 Å². The molecule has 0 unspecified atom stereocenters. The Labute approximate surface area is 871 Å². The van der Waals surface area contributed by atoms with Crippen molar-refractivity contribution in [2.45, 2.75) is 429 Å². The Bertz CT molecular complexity index is 5430. The standard InChI is InChI=1S/C16H20.C15H19N.2C15H23N.C15H19N.C15H23N.C14H21NO.C13H22N2.C12H21N3.CH4/c1-11(2)14-9-8-13-6-5-7-15(12(3)4)16(13)10-14;1-10(2)12-5-6-15-14(9-12)13(11(3)4)7-8-16-15;2*1-11(2)14-8-7-13-6-5-9-16(12(3)4)15(13)10-14;1-10(2)12-8-14-13(11(3)4)6-5-7-15(14)16-9-12;1-11(2)14-7-5-6-13-8-9-16(12(3)4)10-15(13)14;1-10(2)12-5-6-14-13(9-12)15(11(3)4)7-8-16-14;1-10(2)12-5-6-14-7-8-15(11(3)4)9-13(12)14;1-9(2)12-11-7-14(10(3)4)5-6-15(11)8-13-12;/h5-12H,1-4H3;5-11H,1-4H3;2*7-8,10-12H,5-6,9H2,1-4H3;5-11H,1-4H3;5-7,11-12H,8-10H2,1-4H3;5-6,9-11H,7-8H2,1-4H3;5-6,10-11H,7-9H2,1-4H3;8-10H,5-7H2,1-4H3;1H4. The summed E-state index contributed by atoms with van der Waals surface area (Å²) in [5, 5.41) is 5.40. The quantitative estimate of drug-likeness (QED) is 0.0829. The van der Waals surface area contributed by atoms with Gasteiger partial charge in [0.2, 0.25) is 0 Å². The van der Waals surface area contributed by atoms with Gasteiger partial charge < -0.3 is 28.6 Å². The average molecular weight is 1940 g/mol. The van der Waals surface area contributed by atoms with E-state index in [0.29, 0.717) is 107 Å². The number of nitrogens with zero attached hydrogens (tertiary/aromatic N) is 11. The van der Waals surface area contributed by atoms with Gasteiger partial charge in [0, 0.05) is 148 Å². The minimum Gasteiger partial charge on any atom is -0.490 e. The fraction of sp³-hybridized carbons (Fsp3) is 0.550. The van der Waals surface area contributed by atoms with Crippen molar-refractivity contribution in [3.05, 3.63) is 289 Å². The van der Waals surface area contributed by atoms with Crippen LogP contribution in [0.3, 0.4) is 0 Å². The Balaban J connectivity index is 0.000000179. The third kappa shape index (κ3) is 31.5. The van der Waals surface area contributed by atoms with Crippen LogP contribution in [-0.4, -0.2) is 121 Å². The van der Waals surface area contributed by atoms with Crippen LogP contribution in [0.2, 0.25) is 0 Å². The Morgan fingerprint density at radius 2 is 0.699 bits per heavy atom. The molecule has 0 saturated carbocycles. The molecule has 780 valence electrons. The summed E-state index contributed by atoms with van der Waals surface area (Å²) in [5.74, 6) is 8.08. The van der Waals surface area contributed by atoms with E-state index in [1.165, 1.54) is 181 Å². The monoisotopic (exact) mass is 1940 g/mol. The lowest BCUT2D eigenvalue weighted by Gasteiger charge is -2.35. The number of benzene rings is 8. The SMILES string of the molecule is C.CC(C)c1ccc2c(c1)N(C(C)C)CCC2.CC(C)c1ccc2c(c1)N(C(C)C)CCC2.CC(C)c1ccc2c(c1)N(C(C)C)CCO2.CC(C)c1ccc2cccc(C(C)C)c2c1.CC(C)c1ccc2nccc(C(C)C)c2c1.CC(C)c1cccc2c1CN(C(C)C)CC2.CC(C)c1ccn2c1CN(C(C)C)CC2.CC(C)c1cnc2cccc(C(C)C)c2c1.CC(C)c1ncn2c1CN(C(C)C)CC2. The lowest BCUT2D eigenvalue weighted by Crippen LogP contribution is -2.38. The fourth-order valence-electron chi connectivity index (χ4n) is 20.6. The van der Waals surface area contributed by atoms with Gasteiger partial charge in [-0.05, 0) is 341 Å². The first-order valence-corrected chi connectivity index (χ1v) is 55.5. The van der Waals surface area contributed by atoms with Crippen LogP contribution < -0.4 is 19.4 Å². The average Bonchev–Trinajstić information content (AvgIpc) is 1.44. The van der Waals surface area contributed by atoms with E-state index >= 15 is 0 Å². The minimum atomic E-state index is 0. The van der Waals surface area contributed by atoms with E-state index in [1.807, 2.05) is 18.7 Å². The topological polar surface area (TPSA) is 77.2 Å². The van der Waals surface area contributed by atoms with Gasteiger partial charge in [-0.2, -0.15) is 0 Å². The van der Waals surface area contributed by atoms with Gasteiger partial charge >= 0.3 is 0 Å². The van der Waals surface area contributed by atoms with Crippen LogP contribution in [0.4, 0.5) is 17.1 Å². The van der Waals surface area contributed by atoms with Gasteiger partial charge in [0.1, 0.15) is 12.4 Å². The molecule has 4 aromatic heterocycles. The molecule has 12 heteroatoms. The molecule has 0 saturated heterocycles. The Morgan fingerprint density at radius 1 is 0.280 bits per heavy atom. The lowest BCUT2D eigenvalue weighted by atomic mass is 9.89. The van der Waals surface area contributed by atoms with Crippen molar-refractivity contribution in [1.29, 1.82) is 0 Å². The molecule has 12 aromatic rings. The van der Waals surface area contributed by atoms with Crippen molar-refractivity contribution in [3.8, 4) is 5.75 Å². The Morgan fingerprint density at radius 3 is 1.20 bits per heavy atom. The van der Waals surface area contributed by atoms with Crippen molar-refractivity contribution in [3.63, 3.8) is 0 Å². The van der Waals surface area contributed by atoms with Crippen molar-refractivity contribution in [2.24, 2.45) is 0 Å². The number of pyridine rings is 2. The first kappa shape index (κ1) is 117. The molecule has 8 aromatic carbocycles. The van der Waals surface area contributed by atoms with E-state index < -0.39 is 0 Å². The lowest BCUT2D eigenvalue weighted by molar-refractivity contribution is 0.176. The van der Waals surface area contributed by atoms with Crippen molar-refractivity contribution < 1.29 is 4.74 Å². The summed E-state index contributed by atoms with van der Waals surface area (Å²) in [6.45, 7) is 94.6. The summed E-state index contributed by atoms with van der Waals surface area (Å²) < 4.78 is 10.4. The number of anilines is 3. The zero-order valence-electron chi connectivity index (χ0n) is 95.6. The summed E-state index contributed by atoms with van der Waals surface area (Å²) in [6.07, 6.45) is 14.5.